The number of hydrogen-bond donors (Lipinski definition) is 1. The summed E-state index contributed by atoms with van der Waals surface area (Å²) in [5.41, 5.74) is 0.304. The lowest BCUT2D eigenvalue weighted by Gasteiger charge is -2.33. The second-order valence-electron chi connectivity index (χ2n) is 6.81. The van der Waals surface area contributed by atoms with Crippen molar-refractivity contribution in [3.05, 3.63) is 52.5 Å². The Kier molecular flexibility index (Phi) is 7.46. The Morgan fingerprint density at radius 2 is 1.70 bits per heavy atom. The minimum atomic E-state index is -3.80. The predicted octanol–water partition coefficient (Wildman–Crippen LogP) is 3.34. The second-order valence-corrected chi connectivity index (χ2v) is 9.31. The minimum Gasteiger partial charge on any atom is -0.484 e. The monoisotopic (exact) mass is 471 g/mol. The molecule has 2 aromatic carbocycles. The molecule has 1 N–H and O–H groups in total. The first-order chi connectivity index (χ1) is 14.3. The van der Waals surface area contributed by atoms with Crippen LogP contribution in [-0.4, -0.2) is 63.5 Å². The van der Waals surface area contributed by atoms with Crippen LogP contribution in [0.25, 0.3) is 0 Å². The van der Waals surface area contributed by atoms with Crippen LogP contribution in [0.2, 0.25) is 10.0 Å². The van der Waals surface area contributed by atoms with Crippen LogP contribution in [-0.2, 0) is 14.8 Å². The maximum Gasteiger partial charge on any atom is 0.261 e. The number of anilines is 1. The Bertz CT molecular complexity index is 992. The Morgan fingerprint density at radius 3 is 2.30 bits per heavy atom. The Hall–Kier alpha value is -2.00. The molecule has 0 radical (unpaired) electrons. The van der Waals surface area contributed by atoms with Crippen LogP contribution in [0.4, 0.5) is 5.69 Å². The molecule has 1 heterocycles. The zero-order valence-electron chi connectivity index (χ0n) is 16.5. The number of halogens is 2. The van der Waals surface area contributed by atoms with Gasteiger partial charge in [-0.25, -0.2) is 8.42 Å². The molecule has 0 unspecified atom stereocenters. The quantitative estimate of drug-likeness (QED) is 0.669. The number of sulfonamides is 1. The van der Waals surface area contributed by atoms with Crippen LogP contribution >= 0.6 is 23.2 Å². The smallest absolute Gasteiger partial charge is 0.261 e. The molecule has 0 atom stereocenters. The number of nitrogens with one attached hydrogen (secondary N) is 1. The van der Waals surface area contributed by atoms with Crippen molar-refractivity contribution in [2.45, 2.75) is 11.8 Å². The van der Waals surface area contributed by atoms with Crippen LogP contribution in [0.3, 0.4) is 0 Å². The fraction of sp³-hybridized carbons (Fsp3) is 0.350. The number of carbonyl (C=O) groups is 1. The number of nitrogens with zero attached hydrogens (tertiary/aromatic N) is 2. The topological polar surface area (TPSA) is 79.0 Å². The molecule has 1 fully saturated rings. The summed E-state index contributed by atoms with van der Waals surface area (Å²) in [5, 5.41) is 0.587. The minimum absolute atomic E-state index is 0.0583. The van der Waals surface area contributed by atoms with Crippen LogP contribution in [0.5, 0.6) is 5.75 Å². The molecule has 1 aliphatic heterocycles. The molecule has 2 aromatic rings. The molecule has 0 bridgehead atoms. The summed E-state index contributed by atoms with van der Waals surface area (Å²) in [6.07, 6.45) is 0. The number of hydrogen-bond acceptors (Lipinski definition) is 5. The Morgan fingerprint density at radius 1 is 1.03 bits per heavy atom. The summed E-state index contributed by atoms with van der Waals surface area (Å²) in [6, 6.07) is 10.3. The van der Waals surface area contributed by atoms with Crippen molar-refractivity contribution < 1.29 is 17.9 Å². The number of benzene rings is 2. The highest BCUT2D eigenvalue weighted by Gasteiger charge is 2.20. The van der Waals surface area contributed by atoms with Gasteiger partial charge in [0.25, 0.3) is 15.9 Å². The van der Waals surface area contributed by atoms with Gasteiger partial charge in [0.05, 0.1) is 20.6 Å². The van der Waals surface area contributed by atoms with Crippen molar-refractivity contribution in [3.8, 4) is 5.75 Å². The summed E-state index contributed by atoms with van der Waals surface area (Å²) >= 11 is 11.8. The number of amides is 1. The molecular weight excluding hydrogens is 449 g/mol. The van der Waals surface area contributed by atoms with Gasteiger partial charge in [0.15, 0.2) is 6.61 Å². The molecule has 1 amide bonds. The van der Waals surface area contributed by atoms with Gasteiger partial charge in [0, 0.05) is 26.2 Å². The number of ether oxygens (including phenoxy) is 1. The highest BCUT2D eigenvalue weighted by molar-refractivity contribution is 7.92. The first kappa shape index (κ1) is 22.7. The van der Waals surface area contributed by atoms with Crippen LogP contribution in [0.15, 0.2) is 47.4 Å². The van der Waals surface area contributed by atoms with Crippen molar-refractivity contribution in [2.24, 2.45) is 0 Å². The molecule has 0 aliphatic carbocycles. The number of piperazine rings is 1. The van der Waals surface area contributed by atoms with Gasteiger partial charge in [-0.15, -0.1) is 0 Å². The third-order valence-corrected chi connectivity index (χ3v) is 6.98. The van der Waals surface area contributed by atoms with E-state index in [0.717, 1.165) is 19.6 Å². The van der Waals surface area contributed by atoms with E-state index in [1.54, 1.807) is 4.90 Å². The van der Waals surface area contributed by atoms with E-state index in [4.69, 9.17) is 27.9 Å². The van der Waals surface area contributed by atoms with E-state index in [9.17, 15) is 13.2 Å². The summed E-state index contributed by atoms with van der Waals surface area (Å²) < 4.78 is 33.1. The van der Waals surface area contributed by atoms with Crippen molar-refractivity contribution in [3.63, 3.8) is 0 Å². The standard InChI is InChI=1S/C20H23Cl2N3O4S/c1-2-24-9-11-25(12-10-24)20(26)14-29-16-4-6-17(7-5-16)30(27,28)23-15-3-8-18(21)19(22)13-15/h3-8,13,23H,2,9-12,14H2,1H3. The zero-order chi connectivity index (χ0) is 21.7. The van der Waals surface area contributed by atoms with Gasteiger partial charge in [-0.2, -0.15) is 0 Å². The van der Waals surface area contributed by atoms with Gasteiger partial charge in [-0.1, -0.05) is 30.1 Å². The average Bonchev–Trinajstić information content (AvgIpc) is 2.75. The van der Waals surface area contributed by atoms with Crippen LogP contribution < -0.4 is 9.46 Å². The Labute approximate surface area is 186 Å². The molecule has 1 saturated heterocycles. The van der Waals surface area contributed by atoms with E-state index in [1.807, 2.05) is 0 Å². The molecule has 0 aromatic heterocycles. The van der Waals surface area contributed by atoms with E-state index >= 15 is 0 Å². The second kappa shape index (κ2) is 9.87. The molecule has 162 valence electrons. The van der Waals surface area contributed by atoms with E-state index in [1.165, 1.54) is 42.5 Å². The van der Waals surface area contributed by atoms with Crippen LogP contribution in [0.1, 0.15) is 6.92 Å². The number of likely N-dealkylation sites (N-methyl/N-ethyl adjacent to an activating group) is 1. The molecule has 1 aliphatic rings. The SMILES string of the molecule is CCN1CCN(C(=O)COc2ccc(S(=O)(=O)Nc3ccc(Cl)c(Cl)c3)cc2)CC1. The van der Waals surface area contributed by atoms with E-state index in [0.29, 0.717) is 29.5 Å². The van der Waals surface area contributed by atoms with E-state index < -0.39 is 10.0 Å². The number of rotatable bonds is 7. The fourth-order valence-electron chi connectivity index (χ4n) is 3.04. The molecule has 3 rings (SSSR count). The lowest BCUT2D eigenvalue weighted by atomic mass is 10.3. The first-order valence-corrected chi connectivity index (χ1v) is 11.7. The van der Waals surface area contributed by atoms with E-state index in [-0.39, 0.29) is 22.4 Å². The molecule has 0 spiro atoms. The average molecular weight is 472 g/mol. The van der Waals surface area contributed by atoms with Gasteiger partial charge in [-0.05, 0) is 49.0 Å². The molecule has 30 heavy (non-hydrogen) atoms. The molecule has 7 nitrogen and oxygen atoms in total. The highest BCUT2D eigenvalue weighted by atomic mass is 35.5. The van der Waals surface area contributed by atoms with Gasteiger partial charge < -0.3 is 14.5 Å². The Balaban J connectivity index is 1.56. The van der Waals surface area contributed by atoms with E-state index in [2.05, 4.69) is 16.5 Å². The van der Waals surface area contributed by atoms with Gasteiger partial charge in [0.1, 0.15) is 5.75 Å². The van der Waals surface area contributed by atoms with Crippen molar-refractivity contribution in [2.75, 3.05) is 44.1 Å². The van der Waals surface area contributed by atoms with Gasteiger partial charge in [0.2, 0.25) is 0 Å². The maximum absolute atomic E-state index is 12.5. The van der Waals surface area contributed by atoms with Gasteiger partial charge >= 0.3 is 0 Å². The van der Waals surface area contributed by atoms with Crippen molar-refractivity contribution in [1.82, 2.24) is 9.80 Å². The largest absolute Gasteiger partial charge is 0.484 e. The maximum atomic E-state index is 12.5. The van der Waals surface area contributed by atoms with Crippen molar-refractivity contribution in [1.29, 1.82) is 0 Å². The lowest BCUT2D eigenvalue weighted by Crippen LogP contribution is -2.49. The van der Waals surface area contributed by atoms with Gasteiger partial charge in [-0.3, -0.25) is 9.52 Å². The molecule has 0 saturated carbocycles. The predicted molar refractivity (Wildman–Crippen MR) is 118 cm³/mol. The van der Waals surface area contributed by atoms with Crippen molar-refractivity contribution >= 4 is 44.8 Å². The first-order valence-electron chi connectivity index (χ1n) is 9.49. The fourth-order valence-corrected chi connectivity index (χ4v) is 4.39. The normalized spacial score (nSPS) is 15.1. The molecule has 10 heteroatoms. The lowest BCUT2D eigenvalue weighted by molar-refractivity contribution is -0.135. The highest BCUT2D eigenvalue weighted by Crippen LogP contribution is 2.27. The third kappa shape index (κ3) is 5.78. The summed E-state index contributed by atoms with van der Waals surface area (Å²) in [6.45, 7) is 6.10. The zero-order valence-corrected chi connectivity index (χ0v) is 18.8. The summed E-state index contributed by atoms with van der Waals surface area (Å²) in [5.74, 6) is 0.341. The summed E-state index contributed by atoms with van der Waals surface area (Å²) in [4.78, 5) is 16.4. The third-order valence-electron chi connectivity index (χ3n) is 4.84. The number of carbonyl (C=O) groups excluding carboxylic acids is 1. The molecular formula is C20H23Cl2N3O4S. The summed E-state index contributed by atoms with van der Waals surface area (Å²) in [7, 11) is -3.80. The van der Waals surface area contributed by atoms with Crippen LogP contribution in [0, 0.1) is 0 Å².